The van der Waals surface area contributed by atoms with Crippen LogP contribution in [0, 0.1) is 6.92 Å². The highest BCUT2D eigenvalue weighted by Gasteiger charge is 2.18. The van der Waals surface area contributed by atoms with Crippen LogP contribution in [0.25, 0.3) is 28.4 Å². The van der Waals surface area contributed by atoms with Crippen molar-refractivity contribution in [2.75, 3.05) is 38.1 Å². The molecular formula is C21H21ClN8. The lowest BCUT2D eigenvalue weighted by Crippen LogP contribution is -2.45. The van der Waals surface area contributed by atoms with Gasteiger partial charge in [-0.05, 0) is 44.3 Å². The molecule has 0 bridgehead atoms. The monoisotopic (exact) mass is 420 g/mol. The van der Waals surface area contributed by atoms with E-state index in [2.05, 4.69) is 36.9 Å². The van der Waals surface area contributed by atoms with Gasteiger partial charge in [-0.2, -0.15) is 4.98 Å². The lowest BCUT2D eigenvalue weighted by Gasteiger charge is -2.32. The summed E-state index contributed by atoms with van der Waals surface area (Å²) in [6.45, 7) is 5.86. The number of aryl methyl sites for hydroxylation is 1. The van der Waals surface area contributed by atoms with E-state index in [4.69, 9.17) is 16.6 Å². The van der Waals surface area contributed by atoms with E-state index in [-0.39, 0.29) is 0 Å². The van der Waals surface area contributed by atoms with Crippen LogP contribution in [0.1, 0.15) is 5.69 Å². The average Bonchev–Trinajstić information content (AvgIpc) is 3.20. The first-order chi connectivity index (χ1) is 14.6. The van der Waals surface area contributed by atoms with Gasteiger partial charge >= 0.3 is 0 Å². The molecule has 8 nitrogen and oxygen atoms in total. The maximum absolute atomic E-state index is 5.99. The number of anilines is 1. The molecule has 1 fully saturated rings. The number of aromatic nitrogens is 6. The third-order valence-corrected chi connectivity index (χ3v) is 5.67. The van der Waals surface area contributed by atoms with Crippen LogP contribution in [0.2, 0.25) is 5.02 Å². The fourth-order valence-corrected chi connectivity index (χ4v) is 3.70. The van der Waals surface area contributed by atoms with E-state index < -0.39 is 0 Å². The number of hydrogen-bond acceptors (Lipinski definition) is 7. The van der Waals surface area contributed by atoms with Crippen LogP contribution < -0.4 is 4.90 Å². The number of fused-ring (bicyclic) bond motifs is 1. The molecule has 0 N–H and O–H groups in total. The highest BCUT2D eigenvalue weighted by atomic mass is 35.5. The largest absolute Gasteiger partial charge is 0.338 e. The van der Waals surface area contributed by atoms with Gasteiger partial charge in [-0.15, -0.1) is 5.10 Å². The van der Waals surface area contributed by atoms with Gasteiger partial charge in [0.1, 0.15) is 0 Å². The molecule has 3 aromatic heterocycles. The Balaban J connectivity index is 1.51. The van der Waals surface area contributed by atoms with Crippen molar-refractivity contribution < 1.29 is 0 Å². The van der Waals surface area contributed by atoms with Gasteiger partial charge in [0, 0.05) is 54.7 Å². The first kappa shape index (κ1) is 18.9. The van der Waals surface area contributed by atoms with Crippen LogP contribution in [-0.4, -0.2) is 67.7 Å². The molecular weight excluding hydrogens is 400 g/mol. The summed E-state index contributed by atoms with van der Waals surface area (Å²) >= 11 is 5.99. The van der Waals surface area contributed by atoms with Gasteiger partial charge in [-0.25, -0.2) is 19.5 Å². The Hall–Kier alpha value is -3.10. The molecule has 0 aliphatic carbocycles. The fraction of sp³-hybridized carbons (Fsp3) is 0.286. The van der Waals surface area contributed by atoms with Crippen LogP contribution in [0.15, 0.2) is 42.7 Å². The predicted octanol–water partition coefficient (Wildman–Crippen LogP) is 2.96. The molecule has 0 atom stereocenters. The van der Waals surface area contributed by atoms with Gasteiger partial charge in [0.05, 0.1) is 11.4 Å². The standard InChI is InChI=1S/C21H21ClN8/c1-14-17(18-7-8-23-20(25-18)29-11-9-28(2)10-12-29)13-24-21-26-19(27-30(14)21)15-3-5-16(22)6-4-15/h3-8,13H,9-12H2,1-2H3. The van der Waals surface area contributed by atoms with Crippen molar-refractivity contribution in [3.05, 3.63) is 53.4 Å². The molecule has 0 spiro atoms. The number of hydrogen-bond donors (Lipinski definition) is 0. The highest BCUT2D eigenvalue weighted by Crippen LogP contribution is 2.25. The van der Waals surface area contributed by atoms with Gasteiger partial charge < -0.3 is 9.80 Å². The summed E-state index contributed by atoms with van der Waals surface area (Å²) in [4.78, 5) is 22.9. The summed E-state index contributed by atoms with van der Waals surface area (Å²) in [6, 6.07) is 9.37. The van der Waals surface area contributed by atoms with E-state index in [1.54, 1.807) is 16.9 Å². The quantitative estimate of drug-likeness (QED) is 0.504. The molecule has 5 rings (SSSR count). The Morgan fingerprint density at radius 1 is 0.933 bits per heavy atom. The Kier molecular flexibility index (Phi) is 4.80. The molecule has 0 saturated carbocycles. The maximum atomic E-state index is 5.99. The first-order valence-electron chi connectivity index (χ1n) is 9.84. The summed E-state index contributed by atoms with van der Waals surface area (Å²) in [6.07, 6.45) is 3.61. The van der Waals surface area contributed by atoms with Crippen LogP contribution in [0.4, 0.5) is 5.95 Å². The van der Waals surface area contributed by atoms with E-state index in [0.717, 1.165) is 54.6 Å². The topological polar surface area (TPSA) is 75.3 Å². The second-order valence-corrected chi connectivity index (χ2v) is 7.88. The Bertz CT molecular complexity index is 1200. The van der Waals surface area contributed by atoms with Crippen molar-refractivity contribution in [1.82, 2.24) is 34.4 Å². The molecule has 1 saturated heterocycles. The van der Waals surface area contributed by atoms with Crippen LogP contribution in [0.5, 0.6) is 0 Å². The van der Waals surface area contributed by atoms with Gasteiger partial charge in [0.15, 0.2) is 5.82 Å². The zero-order valence-corrected chi connectivity index (χ0v) is 17.6. The van der Waals surface area contributed by atoms with E-state index in [0.29, 0.717) is 16.6 Å². The molecule has 1 aliphatic rings. The molecule has 0 amide bonds. The number of rotatable bonds is 3. The van der Waals surface area contributed by atoms with E-state index in [1.807, 2.05) is 37.3 Å². The number of likely N-dealkylation sites (N-methyl/N-ethyl adjacent to an activating group) is 1. The fourth-order valence-electron chi connectivity index (χ4n) is 3.57. The minimum absolute atomic E-state index is 0.551. The second-order valence-electron chi connectivity index (χ2n) is 7.44. The van der Waals surface area contributed by atoms with Crippen molar-refractivity contribution in [2.45, 2.75) is 6.92 Å². The first-order valence-corrected chi connectivity index (χ1v) is 10.2. The Labute approximate surface area is 179 Å². The van der Waals surface area contributed by atoms with Gasteiger partial charge in [0.25, 0.3) is 5.78 Å². The second kappa shape index (κ2) is 7.62. The van der Waals surface area contributed by atoms with Crippen molar-refractivity contribution in [2.24, 2.45) is 0 Å². The predicted molar refractivity (Wildman–Crippen MR) is 117 cm³/mol. The number of benzene rings is 1. The molecule has 152 valence electrons. The molecule has 0 radical (unpaired) electrons. The summed E-state index contributed by atoms with van der Waals surface area (Å²) in [5.74, 6) is 1.91. The van der Waals surface area contributed by atoms with E-state index >= 15 is 0 Å². The molecule has 30 heavy (non-hydrogen) atoms. The summed E-state index contributed by atoms with van der Waals surface area (Å²) in [5.41, 5.74) is 3.56. The molecule has 9 heteroatoms. The zero-order chi connectivity index (χ0) is 20.7. The molecule has 1 aliphatic heterocycles. The van der Waals surface area contributed by atoms with Crippen LogP contribution in [-0.2, 0) is 0 Å². The van der Waals surface area contributed by atoms with Crippen molar-refractivity contribution in [3.8, 4) is 22.6 Å². The van der Waals surface area contributed by atoms with E-state index in [1.165, 1.54) is 0 Å². The Morgan fingerprint density at radius 3 is 2.47 bits per heavy atom. The number of piperazine rings is 1. The van der Waals surface area contributed by atoms with Crippen LogP contribution >= 0.6 is 11.6 Å². The number of halogens is 1. The third-order valence-electron chi connectivity index (χ3n) is 5.41. The molecule has 4 heterocycles. The van der Waals surface area contributed by atoms with E-state index in [9.17, 15) is 0 Å². The lowest BCUT2D eigenvalue weighted by atomic mass is 10.2. The molecule has 0 unspecified atom stereocenters. The minimum Gasteiger partial charge on any atom is -0.338 e. The van der Waals surface area contributed by atoms with Crippen molar-refractivity contribution in [1.29, 1.82) is 0 Å². The summed E-state index contributed by atoms with van der Waals surface area (Å²) in [5, 5.41) is 5.34. The third kappa shape index (κ3) is 3.48. The Morgan fingerprint density at radius 2 is 1.70 bits per heavy atom. The zero-order valence-electron chi connectivity index (χ0n) is 16.8. The summed E-state index contributed by atoms with van der Waals surface area (Å²) in [7, 11) is 2.13. The maximum Gasteiger partial charge on any atom is 0.252 e. The lowest BCUT2D eigenvalue weighted by molar-refractivity contribution is 0.311. The van der Waals surface area contributed by atoms with Crippen LogP contribution in [0.3, 0.4) is 0 Å². The highest BCUT2D eigenvalue weighted by molar-refractivity contribution is 6.30. The van der Waals surface area contributed by atoms with Gasteiger partial charge in [0.2, 0.25) is 5.95 Å². The summed E-state index contributed by atoms with van der Waals surface area (Å²) < 4.78 is 1.76. The van der Waals surface area contributed by atoms with Crippen molar-refractivity contribution in [3.63, 3.8) is 0 Å². The SMILES string of the molecule is Cc1c(-c2ccnc(N3CCN(C)CC3)n2)cnc2nc(-c3ccc(Cl)cc3)nn12. The van der Waals surface area contributed by atoms with Gasteiger partial charge in [-0.1, -0.05) is 11.6 Å². The smallest absolute Gasteiger partial charge is 0.252 e. The number of nitrogens with zero attached hydrogens (tertiary/aromatic N) is 8. The van der Waals surface area contributed by atoms with Crippen molar-refractivity contribution >= 4 is 23.3 Å². The normalized spacial score (nSPS) is 15.1. The molecule has 4 aromatic rings. The average molecular weight is 421 g/mol. The minimum atomic E-state index is 0.551. The van der Waals surface area contributed by atoms with Gasteiger partial charge in [-0.3, -0.25) is 0 Å². The molecule has 1 aromatic carbocycles.